The smallest absolute Gasteiger partial charge is 0.309 e. The zero-order chi connectivity index (χ0) is 19.4. The summed E-state index contributed by atoms with van der Waals surface area (Å²) in [5.41, 5.74) is 0.397. The molecular weight excluding hydrogens is 348 g/mol. The maximum atomic E-state index is 12.7. The van der Waals surface area contributed by atoms with Crippen molar-refractivity contribution in [1.82, 2.24) is 4.90 Å². The van der Waals surface area contributed by atoms with E-state index in [0.29, 0.717) is 37.4 Å². The van der Waals surface area contributed by atoms with E-state index in [1.165, 1.54) is 0 Å². The van der Waals surface area contributed by atoms with Crippen molar-refractivity contribution < 1.29 is 24.2 Å². The van der Waals surface area contributed by atoms with Crippen LogP contribution in [0.4, 0.5) is 0 Å². The number of piperidine rings is 1. The summed E-state index contributed by atoms with van der Waals surface area (Å²) in [4.78, 5) is 25.8. The molecule has 2 fully saturated rings. The summed E-state index contributed by atoms with van der Waals surface area (Å²) in [5, 5.41) is 18.5. The van der Waals surface area contributed by atoms with Crippen molar-refractivity contribution in [3.05, 3.63) is 29.8 Å². The van der Waals surface area contributed by atoms with Gasteiger partial charge in [0.05, 0.1) is 17.6 Å². The van der Waals surface area contributed by atoms with Gasteiger partial charge in [0, 0.05) is 19.7 Å². The Bertz CT molecular complexity index is 736. The van der Waals surface area contributed by atoms with E-state index in [-0.39, 0.29) is 17.9 Å². The number of carbonyl (C=O) groups is 2. The van der Waals surface area contributed by atoms with Gasteiger partial charge in [-0.2, -0.15) is 5.26 Å². The van der Waals surface area contributed by atoms with E-state index in [0.717, 1.165) is 12.8 Å². The number of hydrogen-bond acceptors (Lipinski definition) is 5. The van der Waals surface area contributed by atoms with Crippen LogP contribution in [-0.2, 0) is 14.3 Å². The number of benzene rings is 1. The van der Waals surface area contributed by atoms with Crippen LogP contribution in [0.2, 0.25) is 0 Å². The quantitative estimate of drug-likeness (QED) is 0.849. The third-order valence-electron chi connectivity index (χ3n) is 5.43. The molecule has 144 valence electrons. The number of aliphatic carboxylic acids is 1. The monoisotopic (exact) mass is 372 g/mol. The fourth-order valence-electron chi connectivity index (χ4n) is 3.95. The van der Waals surface area contributed by atoms with Crippen LogP contribution < -0.4 is 4.74 Å². The lowest BCUT2D eigenvalue weighted by atomic mass is 9.84. The number of hydrogen-bond donors (Lipinski definition) is 1. The average molecular weight is 372 g/mol. The summed E-state index contributed by atoms with van der Waals surface area (Å²) in [6.07, 6.45) is 1.06. The van der Waals surface area contributed by atoms with Gasteiger partial charge in [0.25, 0.3) is 5.91 Å². The molecule has 1 amide bonds. The molecule has 3 atom stereocenters. The minimum atomic E-state index is -0.797. The Hall–Kier alpha value is -2.59. The van der Waals surface area contributed by atoms with Gasteiger partial charge in [-0.15, -0.1) is 0 Å². The number of carbonyl (C=O) groups excluding carboxylic acids is 1. The highest BCUT2D eigenvalue weighted by Crippen LogP contribution is 2.33. The Kier molecular flexibility index (Phi) is 5.97. The summed E-state index contributed by atoms with van der Waals surface area (Å²) in [6.45, 7) is 3.29. The van der Waals surface area contributed by atoms with E-state index in [9.17, 15) is 14.7 Å². The maximum absolute atomic E-state index is 12.7. The van der Waals surface area contributed by atoms with Gasteiger partial charge in [-0.05, 0) is 44.2 Å². The zero-order valence-corrected chi connectivity index (χ0v) is 15.3. The third kappa shape index (κ3) is 4.22. The fraction of sp³-hybridized carbons (Fsp3) is 0.550. The predicted molar refractivity (Wildman–Crippen MR) is 96.0 cm³/mol. The Balaban J connectivity index is 1.55. The molecule has 2 unspecified atom stereocenters. The number of likely N-dealkylation sites (tertiary alicyclic amines) is 1. The highest BCUT2D eigenvalue weighted by Gasteiger charge is 2.41. The highest BCUT2D eigenvalue weighted by molar-refractivity contribution is 5.81. The number of para-hydroxylation sites is 1. The molecule has 2 heterocycles. The van der Waals surface area contributed by atoms with Crippen molar-refractivity contribution in [2.24, 2.45) is 11.8 Å². The molecule has 2 saturated heterocycles. The lowest BCUT2D eigenvalue weighted by molar-refractivity contribution is -0.146. The van der Waals surface area contributed by atoms with Crippen LogP contribution in [0, 0.1) is 23.2 Å². The third-order valence-corrected chi connectivity index (χ3v) is 5.43. The molecule has 7 heteroatoms. The summed E-state index contributed by atoms with van der Waals surface area (Å²) in [7, 11) is 0. The summed E-state index contributed by atoms with van der Waals surface area (Å²) in [5.74, 6) is -0.799. The van der Waals surface area contributed by atoms with Crippen molar-refractivity contribution in [1.29, 1.82) is 5.26 Å². The Labute approximate surface area is 158 Å². The lowest BCUT2D eigenvalue weighted by Crippen LogP contribution is -2.47. The standard InChI is InChI=1S/C20H24N2O5/c1-13(27-17-5-3-2-4-15(17)12-21)19(23)22-9-6-14(7-10-22)18-16(20(24)25)8-11-26-18/h2-5,13-14,16,18H,6-11H2,1H3,(H,24,25)/t13?,16?,18-/m0/s1. The minimum absolute atomic E-state index is 0.122. The van der Waals surface area contributed by atoms with Gasteiger partial charge in [0.2, 0.25) is 0 Å². The van der Waals surface area contributed by atoms with Crippen molar-refractivity contribution in [2.45, 2.75) is 38.4 Å². The van der Waals surface area contributed by atoms with Gasteiger partial charge >= 0.3 is 5.97 Å². The summed E-state index contributed by atoms with van der Waals surface area (Å²) in [6, 6.07) is 8.90. The predicted octanol–water partition coefficient (Wildman–Crippen LogP) is 2.05. The van der Waals surface area contributed by atoms with Crippen molar-refractivity contribution >= 4 is 11.9 Å². The largest absolute Gasteiger partial charge is 0.481 e. The van der Waals surface area contributed by atoms with E-state index in [4.69, 9.17) is 14.7 Å². The number of carboxylic acid groups (broad SMARTS) is 1. The van der Waals surface area contributed by atoms with Crippen LogP contribution in [0.5, 0.6) is 5.75 Å². The second-order valence-corrected chi connectivity index (χ2v) is 7.10. The second-order valence-electron chi connectivity index (χ2n) is 7.10. The van der Waals surface area contributed by atoms with Gasteiger partial charge in [0.15, 0.2) is 6.10 Å². The molecule has 0 spiro atoms. The number of carboxylic acids is 1. The summed E-state index contributed by atoms with van der Waals surface area (Å²) >= 11 is 0. The van der Waals surface area contributed by atoms with Crippen LogP contribution in [-0.4, -0.2) is 53.8 Å². The molecule has 1 aromatic rings. The molecule has 0 bridgehead atoms. The molecule has 0 aliphatic carbocycles. The lowest BCUT2D eigenvalue weighted by Gasteiger charge is -2.36. The molecular formula is C20H24N2O5. The van der Waals surface area contributed by atoms with E-state index in [1.54, 1.807) is 36.1 Å². The zero-order valence-electron chi connectivity index (χ0n) is 15.3. The molecule has 0 radical (unpaired) electrons. The van der Waals surface area contributed by atoms with E-state index < -0.39 is 18.0 Å². The molecule has 7 nitrogen and oxygen atoms in total. The van der Waals surface area contributed by atoms with E-state index in [2.05, 4.69) is 6.07 Å². The van der Waals surface area contributed by atoms with E-state index in [1.807, 2.05) is 0 Å². The molecule has 3 rings (SSSR count). The molecule has 1 N–H and O–H groups in total. The first-order chi connectivity index (χ1) is 13.0. The first-order valence-corrected chi connectivity index (χ1v) is 9.30. The minimum Gasteiger partial charge on any atom is -0.481 e. The topological polar surface area (TPSA) is 99.9 Å². The second kappa shape index (κ2) is 8.40. The first kappa shape index (κ1) is 19.2. The maximum Gasteiger partial charge on any atom is 0.309 e. The SMILES string of the molecule is CC(Oc1ccccc1C#N)C(=O)N1CCC([C@@H]2OCCC2C(=O)O)CC1. The molecule has 0 aromatic heterocycles. The fourth-order valence-corrected chi connectivity index (χ4v) is 3.95. The van der Waals surface area contributed by atoms with Crippen LogP contribution in [0.3, 0.4) is 0 Å². The number of ether oxygens (including phenoxy) is 2. The Morgan fingerprint density at radius 3 is 2.67 bits per heavy atom. The molecule has 0 saturated carbocycles. The Morgan fingerprint density at radius 1 is 1.30 bits per heavy atom. The number of nitriles is 1. The first-order valence-electron chi connectivity index (χ1n) is 9.30. The van der Waals surface area contributed by atoms with E-state index >= 15 is 0 Å². The number of rotatable bonds is 5. The van der Waals surface area contributed by atoms with Gasteiger partial charge in [-0.25, -0.2) is 0 Å². The van der Waals surface area contributed by atoms with Gasteiger partial charge in [-0.3, -0.25) is 9.59 Å². The van der Waals surface area contributed by atoms with Gasteiger partial charge < -0.3 is 19.5 Å². The molecule has 1 aromatic carbocycles. The van der Waals surface area contributed by atoms with Crippen LogP contribution in [0.15, 0.2) is 24.3 Å². The number of amides is 1. The van der Waals surface area contributed by atoms with Crippen molar-refractivity contribution in [2.75, 3.05) is 19.7 Å². The van der Waals surface area contributed by atoms with Gasteiger partial charge in [-0.1, -0.05) is 12.1 Å². The molecule has 2 aliphatic rings. The summed E-state index contributed by atoms with van der Waals surface area (Å²) < 4.78 is 11.4. The van der Waals surface area contributed by atoms with Gasteiger partial charge in [0.1, 0.15) is 11.8 Å². The normalized spacial score (nSPS) is 24.2. The van der Waals surface area contributed by atoms with Crippen molar-refractivity contribution in [3.63, 3.8) is 0 Å². The molecule has 2 aliphatic heterocycles. The average Bonchev–Trinajstić information content (AvgIpc) is 3.18. The highest BCUT2D eigenvalue weighted by atomic mass is 16.5. The van der Waals surface area contributed by atoms with Crippen molar-refractivity contribution in [3.8, 4) is 11.8 Å². The Morgan fingerprint density at radius 2 is 2.00 bits per heavy atom. The number of nitrogens with zero attached hydrogens (tertiary/aromatic N) is 2. The van der Waals surface area contributed by atoms with Crippen LogP contribution in [0.1, 0.15) is 31.7 Å². The van der Waals surface area contributed by atoms with Crippen LogP contribution in [0.25, 0.3) is 0 Å². The van der Waals surface area contributed by atoms with Crippen LogP contribution >= 0.6 is 0 Å². The molecule has 27 heavy (non-hydrogen) atoms.